The first-order valence-electron chi connectivity index (χ1n) is 6.11. The number of hydrogen-bond donors (Lipinski definition) is 2. The highest BCUT2D eigenvalue weighted by Crippen LogP contribution is 2.24. The number of phenolic OH excluding ortho intramolecular Hbond substituents is 1. The quantitative estimate of drug-likeness (QED) is 0.882. The van der Waals surface area contributed by atoms with Crippen LogP contribution in [0.4, 0.5) is 0 Å². The fraction of sp³-hybridized carbons (Fsp3) is 0.357. The van der Waals surface area contributed by atoms with Gasteiger partial charge in [-0.1, -0.05) is 0 Å². The number of hydrogen-bond acceptors (Lipinski definition) is 5. The smallest absolute Gasteiger partial charge is 0.120 e. The van der Waals surface area contributed by atoms with Crippen molar-refractivity contribution in [1.82, 2.24) is 10.3 Å². The molecule has 1 aromatic heterocycles. The number of phenols is 1. The molecule has 0 aliphatic heterocycles. The van der Waals surface area contributed by atoms with Crippen LogP contribution in [0.2, 0.25) is 0 Å². The van der Waals surface area contributed by atoms with Crippen LogP contribution in [0.25, 0.3) is 0 Å². The van der Waals surface area contributed by atoms with Crippen molar-refractivity contribution in [2.24, 2.45) is 0 Å². The number of thiazole rings is 1. The Kier molecular flexibility index (Phi) is 4.39. The Labute approximate surface area is 117 Å². The number of methoxy groups -OCH3 is 1. The Balaban J connectivity index is 2.02. The largest absolute Gasteiger partial charge is 0.508 e. The van der Waals surface area contributed by atoms with E-state index in [1.807, 2.05) is 18.4 Å². The van der Waals surface area contributed by atoms with Crippen LogP contribution in [0.5, 0.6) is 11.5 Å². The molecule has 0 amide bonds. The van der Waals surface area contributed by atoms with Gasteiger partial charge in [-0.15, -0.1) is 11.3 Å². The van der Waals surface area contributed by atoms with Gasteiger partial charge in [0.25, 0.3) is 0 Å². The molecule has 0 radical (unpaired) electrons. The van der Waals surface area contributed by atoms with Crippen LogP contribution < -0.4 is 10.1 Å². The van der Waals surface area contributed by atoms with Gasteiger partial charge in [-0.25, -0.2) is 4.98 Å². The highest BCUT2D eigenvalue weighted by atomic mass is 32.1. The number of ether oxygens (including phenoxy) is 1. The lowest BCUT2D eigenvalue weighted by Gasteiger charge is -2.13. The highest BCUT2D eigenvalue weighted by molar-refractivity contribution is 7.09. The summed E-state index contributed by atoms with van der Waals surface area (Å²) in [5.41, 5.74) is 1.86. The molecular formula is C14H18N2O2S. The van der Waals surface area contributed by atoms with Crippen molar-refractivity contribution in [2.75, 3.05) is 7.11 Å². The maximum absolute atomic E-state index is 9.81. The van der Waals surface area contributed by atoms with Crippen LogP contribution in [0.15, 0.2) is 23.6 Å². The minimum Gasteiger partial charge on any atom is -0.508 e. The zero-order valence-electron chi connectivity index (χ0n) is 11.3. The van der Waals surface area contributed by atoms with Gasteiger partial charge in [0.05, 0.1) is 13.2 Å². The predicted molar refractivity (Wildman–Crippen MR) is 76.8 cm³/mol. The summed E-state index contributed by atoms with van der Waals surface area (Å²) in [6.45, 7) is 4.62. The van der Waals surface area contributed by atoms with Crippen molar-refractivity contribution in [3.63, 3.8) is 0 Å². The molecule has 0 aliphatic rings. The van der Waals surface area contributed by atoms with Gasteiger partial charge in [0.2, 0.25) is 0 Å². The Morgan fingerprint density at radius 3 is 2.89 bits per heavy atom. The van der Waals surface area contributed by atoms with E-state index in [1.54, 1.807) is 30.6 Å². The molecule has 1 aromatic carbocycles. The molecule has 2 N–H and O–H groups in total. The molecule has 5 heteroatoms. The molecule has 0 bridgehead atoms. The number of nitrogens with zero attached hydrogens (tertiary/aromatic N) is 1. The Morgan fingerprint density at radius 1 is 1.47 bits per heavy atom. The van der Waals surface area contributed by atoms with Crippen molar-refractivity contribution in [3.05, 3.63) is 39.8 Å². The molecule has 1 heterocycles. The fourth-order valence-corrected chi connectivity index (χ4v) is 2.58. The summed E-state index contributed by atoms with van der Waals surface area (Å²) >= 11 is 1.64. The second kappa shape index (κ2) is 6.04. The van der Waals surface area contributed by atoms with Crippen LogP contribution >= 0.6 is 11.3 Å². The van der Waals surface area contributed by atoms with Crippen molar-refractivity contribution in [2.45, 2.75) is 26.4 Å². The van der Waals surface area contributed by atoms with E-state index in [-0.39, 0.29) is 11.8 Å². The van der Waals surface area contributed by atoms with E-state index in [9.17, 15) is 5.11 Å². The van der Waals surface area contributed by atoms with Crippen LogP contribution in [0.1, 0.15) is 29.2 Å². The van der Waals surface area contributed by atoms with Crippen molar-refractivity contribution < 1.29 is 9.84 Å². The summed E-state index contributed by atoms with van der Waals surface area (Å²) in [5.74, 6) is 1.02. The molecule has 0 saturated heterocycles. The van der Waals surface area contributed by atoms with Gasteiger partial charge >= 0.3 is 0 Å². The van der Waals surface area contributed by atoms with E-state index in [4.69, 9.17) is 4.74 Å². The summed E-state index contributed by atoms with van der Waals surface area (Å²) < 4.78 is 5.16. The van der Waals surface area contributed by atoms with Gasteiger partial charge in [0.1, 0.15) is 16.5 Å². The number of aryl methyl sites for hydroxylation is 1. The Morgan fingerprint density at radius 2 is 2.26 bits per heavy atom. The lowest BCUT2D eigenvalue weighted by Crippen LogP contribution is -2.18. The fourth-order valence-electron chi connectivity index (χ4n) is 1.75. The molecule has 2 rings (SSSR count). The summed E-state index contributed by atoms with van der Waals surface area (Å²) in [6.07, 6.45) is 0. The van der Waals surface area contributed by atoms with Gasteiger partial charge in [-0.05, 0) is 32.0 Å². The summed E-state index contributed by atoms with van der Waals surface area (Å²) in [4.78, 5) is 4.45. The molecule has 0 fully saturated rings. The van der Waals surface area contributed by atoms with Gasteiger partial charge in [-0.2, -0.15) is 0 Å². The second-order valence-electron chi connectivity index (χ2n) is 4.42. The van der Waals surface area contributed by atoms with E-state index in [0.29, 0.717) is 6.54 Å². The Bertz CT molecular complexity index is 554. The monoisotopic (exact) mass is 278 g/mol. The van der Waals surface area contributed by atoms with Gasteiger partial charge in [0, 0.05) is 23.2 Å². The van der Waals surface area contributed by atoms with Crippen molar-refractivity contribution in [3.8, 4) is 11.5 Å². The number of rotatable bonds is 5. The average molecular weight is 278 g/mol. The third-order valence-electron chi connectivity index (χ3n) is 2.89. The topological polar surface area (TPSA) is 54.4 Å². The molecule has 19 heavy (non-hydrogen) atoms. The lowest BCUT2D eigenvalue weighted by atomic mass is 10.2. The highest BCUT2D eigenvalue weighted by Gasteiger charge is 2.10. The SMILES string of the molecule is COc1ccc(O)c(CNC(C)c2nc(C)cs2)c1. The minimum absolute atomic E-state index is 0.157. The normalized spacial score (nSPS) is 12.4. The average Bonchev–Trinajstić information content (AvgIpc) is 2.84. The summed E-state index contributed by atoms with van der Waals surface area (Å²) in [6, 6.07) is 5.38. The molecule has 1 atom stereocenters. The molecular weight excluding hydrogens is 260 g/mol. The molecule has 0 spiro atoms. The maximum Gasteiger partial charge on any atom is 0.120 e. The standard InChI is InChI=1S/C14H18N2O2S/c1-9-8-19-14(16-9)10(2)15-7-11-6-12(18-3)4-5-13(11)17/h4-6,8,10,15,17H,7H2,1-3H3. The van der Waals surface area contributed by atoms with Crippen LogP contribution in [0, 0.1) is 6.92 Å². The number of aromatic nitrogens is 1. The predicted octanol–water partition coefficient (Wildman–Crippen LogP) is 3.02. The van der Waals surface area contributed by atoms with Crippen LogP contribution in [-0.2, 0) is 6.54 Å². The van der Waals surface area contributed by atoms with Gasteiger partial charge < -0.3 is 15.2 Å². The molecule has 0 aliphatic carbocycles. The summed E-state index contributed by atoms with van der Waals surface area (Å²) in [7, 11) is 1.62. The second-order valence-corrected chi connectivity index (χ2v) is 5.31. The van der Waals surface area contributed by atoms with E-state index in [2.05, 4.69) is 17.2 Å². The summed E-state index contributed by atoms with van der Waals surface area (Å²) in [5, 5.41) is 16.3. The zero-order valence-corrected chi connectivity index (χ0v) is 12.1. The third-order valence-corrected chi connectivity index (χ3v) is 4.04. The molecule has 2 aromatic rings. The number of aromatic hydroxyl groups is 1. The van der Waals surface area contributed by atoms with Crippen LogP contribution in [0.3, 0.4) is 0 Å². The van der Waals surface area contributed by atoms with Gasteiger partial charge in [0.15, 0.2) is 0 Å². The number of benzene rings is 1. The Hall–Kier alpha value is -1.59. The molecule has 4 nitrogen and oxygen atoms in total. The van der Waals surface area contributed by atoms with Crippen LogP contribution in [-0.4, -0.2) is 17.2 Å². The minimum atomic E-state index is 0.157. The zero-order chi connectivity index (χ0) is 13.8. The van der Waals surface area contributed by atoms with E-state index >= 15 is 0 Å². The maximum atomic E-state index is 9.81. The molecule has 1 unspecified atom stereocenters. The third kappa shape index (κ3) is 3.45. The first-order chi connectivity index (χ1) is 9.10. The van der Waals surface area contributed by atoms with Gasteiger partial charge in [-0.3, -0.25) is 0 Å². The first kappa shape index (κ1) is 13.8. The van der Waals surface area contributed by atoms with E-state index < -0.39 is 0 Å². The lowest BCUT2D eigenvalue weighted by molar-refractivity contribution is 0.409. The first-order valence-corrected chi connectivity index (χ1v) is 6.99. The number of nitrogens with one attached hydrogen (secondary N) is 1. The van der Waals surface area contributed by atoms with E-state index in [0.717, 1.165) is 22.0 Å². The van der Waals surface area contributed by atoms with Crippen molar-refractivity contribution >= 4 is 11.3 Å². The molecule has 102 valence electrons. The molecule has 0 saturated carbocycles. The van der Waals surface area contributed by atoms with Crippen molar-refractivity contribution in [1.29, 1.82) is 0 Å². The van der Waals surface area contributed by atoms with E-state index in [1.165, 1.54) is 0 Å².